The number of nitrogens with one attached hydrogen (secondary N) is 1. The van der Waals surface area contributed by atoms with E-state index in [4.69, 9.17) is 9.47 Å². The molecule has 7 nitrogen and oxygen atoms in total. The molecule has 0 aliphatic rings. The van der Waals surface area contributed by atoms with Gasteiger partial charge in [0.05, 0.1) is 30.0 Å². The summed E-state index contributed by atoms with van der Waals surface area (Å²) in [5, 5.41) is 8.35. The first kappa shape index (κ1) is 16.5. The van der Waals surface area contributed by atoms with Crippen LogP contribution in [0.25, 0.3) is 16.6 Å². The third kappa shape index (κ3) is 2.68. The zero-order chi connectivity index (χ0) is 18.3. The van der Waals surface area contributed by atoms with Gasteiger partial charge in [-0.25, -0.2) is 9.73 Å². The highest BCUT2D eigenvalue weighted by molar-refractivity contribution is 7.99. The van der Waals surface area contributed by atoms with Crippen LogP contribution in [0, 0.1) is 6.92 Å². The lowest BCUT2D eigenvalue weighted by atomic mass is 10.2. The number of aromatic nitrogens is 4. The Morgan fingerprint density at radius 1 is 1.12 bits per heavy atom. The molecule has 26 heavy (non-hydrogen) atoms. The van der Waals surface area contributed by atoms with Crippen molar-refractivity contribution in [2.45, 2.75) is 16.8 Å². The van der Waals surface area contributed by atoms with Crippen LogP contribution in [0.1, 0.15) is 5.56 Å². The maximum absolute atomic E-state index is 12.4. The number of nitrogens with zero attached hydrogens (tertiary/aromatic N) is 3. The third-order valence-electron chi connectivity index (χ3n) is 4.06. The summed E-state index contributed by atoms with van der Waals surface area (Å²) in [5.41, 5.74) is 1.92. The summed E-state index contributed by atoms with van der Waals surface area (Å²) < 4.78 is 12.4. The van der Waals surface area contributed by atoms with E-state index in [-0.39, 0.29) is 5.56 Å². The largest absolute Gasteiger partial charge is 0.497 e. The summed E-state index contributed by atoms with van der Waals surface area (Å²) in [4.78, 5) is 17.5. The van der Waals surface area contributed by atoms with Crippen LogP contribution in [0.5, 0.6) is 11.5 Å². The molecule has 4 rings (SSSR count). The Kier molecular flexibility index (Phi) is 4.04. The first-order valence-electron chi connectivity index (χ1n) is 7.88. The maximum Gasteiger partial charge on any atom is 0.281 e. The minimum atomic E-state index is -0.304. The Labute approximate surface area is 152 Å². The number of fused-ring (bicyclic) bond motifs is 3. The van der Waals surface area contributed by atoms with Gasteiger partial charge in [0.25, 0.3) is 5.56 Å². The molecule has 1 N–H and O–H groups in total. The fraction of sp³-hybridized carbons (Fsp3) is 0.167. The Morgan fingerprint density at radius 2 is 1.96 bits per heavy atom. The Morgan fingerprint density at radius 3 is 2.73 bits per heavy atom. The van der Waals surface area contributed by atoms with Crippen molar-refractivity contribution < 1.29 is 9.47 Å². The van der Waals surface area contributed by atoms with Crippen LogP contribution < -0.4 is 15.0 Å². The van der Waals surface area contributed by atoms with Crippen LogP contribution >= 0.6 is 11.8 Å². The van der Waals surface area contributed by atoms with Gasteiger partial charge in [0, 0.05) is 6.07 Å². The van der Waals surface area contributed by atoms with Gasteiger partial charge in [0.15, 0.2) is 10.7 Å². The number of benzene rings is 2. The van der Waals surface area contributed by atoms with E-state index in [2.05, 4.69) is 15.3 Å². The number of aromatic amines is 1. The average Bonchev–Trinajstić information content (AvgIpc) is 3.05. The zero-order valence-electron chi connectivity index (χ0n) is 14.4. The van der Waals surface area contributed by atoms with E-state index in [1.165, 1.54) is 11.8 Å². The number of ether oxygens (including phenoxy) is 2. The van der Waals surface area contributed by atoms with Crippen molar-refractivity contribution in [2.24, 2.45) is 0 Å². The second-order valence-corrected chi connectivity index (χ2v) is 6.76. The van der Waals surface area contributed by atoms with Crippen molar-refractivity contribution in [1.29, 1.82) is 0 Å². The predicted molar refractivity (Wildman–Crippen MR) is 99.5 cm³/mol. The highest BCUT2D eigenvalue weighted by atomic mass is 32.2. The Hall–Kier alpha value is -3.00. The van der Waals surface area contributed by atoms with Gasteiger partial charge in [-0.3, -0.25) is 4.79 Å². The molecule has 8 heteroatoms. The minimum Gasteiger partial charge on any atom is -0.497 e. The van der Waals surface area contributed by atoms with E-state index in [0.717, 1.165) is 16.2 Å². The van der Waals surface area contributed by atoms with Crippen LogP contribution in [-0.2, 0) is 0 Å². The number of hydrogen-bond acceptors (Lipinski definition) is 6. The van der Waals surface area contributed by atoms with Gasteiger partial charge in [0.2, 0.25) is 0 Å². The molecule has 2 heterocycles. The molecule has 0 bridgehead atoms. The lowest BCUT2D eigenvalue weighted by Crippen LogP contribution is -2.10. The zero-order valence-corrected chi connectivity index (χ0v) is 15.3. The molecule has 4 aromatic rings. The number of H-pyrrole nitrogens is 1. The van der Waals surface area contributed by atoms with Crippen molar-refractivity contribution in [3.05, 3.63) is 52.3 Å². The highest BCUT2D eigenvalue weighted by Crippen LogP contribution is 2.36. The van der Waals surface area contributed by atoms with Gasteiger partial charge in [-0.15, -0.1) is 5.10 Å². The van der Waals surface area contributed by atoms with E-state index in [1.807, 2.05) is 25.1 Å². The first-order chi connectivity index (χ1) is 12.6. The summed E-state index contributed by atoms with van der Waals surface area (Å²) in [6, 6.07) is 11.1. The smallest absolute Gasteiger partial charge is 0.281 e. The van der Waals surface area contributed by atoms with Crippen LogP contribution in [-0.4, -0.2) is 34.0 Å². The molecule has 0 fully saturated rings. The monoisotopic (exact) mass is 368 g/mol. The lowest BCUT2D eigenvalue weighted by molar-refractivity contribution is 0.404. The van der Waals surface area contributed by atoms with Crippen molar-refractivity contribution in [3.8, 4) is 11.5 Å². The molecule has 132 valence electrons. The van der Waals surface area contributed by atoms with Crippen LogP contribution in [0.15, 0.2) is 51.1 Å². The molecule has 2 aromatic carbocycles. The highest BCUT2D eigenvalue weighted by Gasteiger charge is 2.16. The fourth-order valence-electron chi connectivity index (χ4n) is 2.75. The molecule has 0 aliphatic carbocycles. The molecule has 0 saturated carbocycles. The van der Waals surface area contributed by atoms with Crippen molar-refractivity contribution >= 4 is 28.3 Å². The number of aryl methyl sites for hydroxylation is 1. The number of methoxy groups -OCH3 is 2. The molecule has 0 aliphatic heterocycles. The van der Waals surface area contributed by atoms with Gasteiger partial charge in [-0.05, 0) is 36.8 Å². The van der Waals surface area contributed by atoms with Crippen molar-refractivity contribution in [2.75, 3.05) is 14.2 Å². The molecule has 0 amide bonds. The van der Waals surface area contributed by atoms with E-state index in [0.29, 0.717) is 27.3 Å². The fourth-order valence-corrected chi connectivity index (χ4v) is 3.65. The maximum atomic E-state index is 12.4. The molecular weight excluding hydrogens is 352 g/mol. The van der Waals surface area contributed by atoms with E-state index in [1.54, 1.807) is 36.9 Å². The standard InChI is InChI=1S/C18H16N4O3S/c1-10-4-7-15(14(8-10)25-3)26-18-16-19-17(23)12-6-5-11(24-2)9-13(12)22(16)21-20-18/h4-9,21H,1-3H3. The average molecular weight is 368 g/mol. The Balaban J connectivity index is 1.89. The second-order valence-electron chi connectivity index (χ2n) is 5.73. The normalized spacial score (nSPS) is 11.2. The summed E-state index contributed by atoms with van der Waals surface area (Å²) in [6.45, 7) is 2.00. The molecule has 2 aromatic heterocycles. The van der Waals surface area contributed by atoms with Crippen molar-refractivity contribution in [1.82, 2.24) is 19.8 Å². The molecule has 0 atom stereocenters. The third-order valence-corrected chi connectivity index (χ3v) is 5.09. The summed E-state index contributed by atoms with van der Waals surface area (Å²) in [7, 11) is 3.21. The SMILES string of the molecule is COc1ccc2c(=O)nc3c(Sc4ccc(C)cc4OC)n[nH]n3c2c1. The van der Waals surface area contributed by atoms with E-state index >= 15 is 0 Å². The van der Waals surface area contributed by atoms with Crippen molar-refractivity contribution in [3.63, 3.8) is 0 Å². The van der Waals surface area contributed by atoms with Gasteiger partial charge >= 0.3 is 0 Å². The molecule has 0 saturated heterocycles. The van der Waals surface area contributed by atoms with Gasteiger partial charge in [0.1, 0.15) is 11.5 Å². The second kappa shape index (κ2) is 6.38. The summed E-state index contributed by atoms with van der Waals surface area (Å²) in [5.74, 6) is 1.40. The summed E-state index contributed by atoms with van der Waals surface area (Å²) >= 11 is 1.39. The first-order valence-corrected chi connectivity index (χ1v) is 8.69. The molecule has 0 spiro atoms. The number of hydrogen-bond donors (Lipinski definition) is 1. The molecular formula is C18H16N4O3S. The van der Waals surface area contributed by atoms with E-state index in [9.17, 15) is 4.79 Å². The molecule has 0 radical (unpaired) electrons. The minimum absolute atomic E-state index is 0.304. The van der Waals surface area contributed by atoms with Crippen LogP contribution in [0.4, 0.5) is 0 Å². The lowest BCUT2D eigenvalue weighted by Gasteiger charge is -2.07. The molecule has 0 unspecified atom stereocenters. The van der Waals surface area contributed by atoms with Gasteiger partial charge in [-0.1, -0.05) is 17.8 Å². The predicted octanol–water partition coefficient (Wildman–Crippen LogP) is 3.05. The van der Waals surface area contributed by atoms with E-state index < -0.39 is 0 Å². The van der Waals surface area contributed by atoms with Crippen LogP contribution in [0.3, 0.4) is 0 Å². The topological polar surface area (TPSA) is 81.5 Å². The van der Waals surface area contributed by atoms with Gasteiger partial charge in [-0.2, -0.15) is 4.98 Å². The Bertz CT molecular complexity index is 1180. The number of rotatable bonds is 4. The van der Waals surface area contributed by atoms with Crippen LogP contribution in [0.2, 0.25) is 0 Å². The quantitative estimate of drug-likeness (QED) is 0.596. The van der Waals surface area contributed by atoms with Gasteiger partial charge < -0.3 is 9.47 Å². The summed E-state index contributed by atoms with van der Waals surface area (Å²) in [6.07, 6.45) is 0.